The Labute approximate surface area is 200 Å². The molecule has 0 saturated carbocycles. The zero-order chi connectivity index (χ0) is 24.3. The molecule has 1 aromatic heterocycles. The highest BCUT2D eigenvalue weighted by molar-refractivity contribution is 7.90. The molecule has 0 bridgehead atoms. The third-order valence-corrected chi connectivity index (χ3v) is 7.92. The van der Waals surface area contributed by atoms with Crippen LogP contribution in [0.25, 0.3) is 0 Å². The molecule has 1 aliphatic rings. The van der Waals surface area contributed by atoms with Gasteiger partial charge in [-0.2, -0.15) is 0 Å². The van der Waals surface area contributed by atoms with Crippen molar-refractivity contribution in [2.45, 2.75) is 44.0 Å². The number of aryl methyl sites for hydroxylation is 1. The summed E-state index contributed by atoms with van der Waals surface area (Å²) in [6, 6.07) is 13.4. The number of rotatable bonds is 8. The summed E-state index contributed by atoms with van der Waals surface area (Å²) < 4.78 is 40.8. The summed E-state index contributed by atoms with van der Waals surface area (Å²) in [7, 11) is -3.59. The summed E-state index contributed by atoms with van der Waals surface area (Å²) in [5, 5.41) is 12.2. The summed E-state index contributed by atoms with van der Waals surface area (Å²) in [4.78, 5) is 3.84. The topological polar surface area (TPSA) is 85.4 Å². The molecule has 4 rings (SSSR count). The summed E-state index contributed by atoms with van der Waals surface area (Å²) in [5.74, 6) is 0.473. The normalized spacial score (nSPS) is 16.2. The highest BCUT2D eigenvalue weighted by atomic mass is 32.2. The van der Waals surface area contributed by atoms with E-state index in [1.54, 1.807) is 24.3 Å². The van der Waals surface area contributed by atoms with Gasteiger partial charge in [-0.05, 0) is 59.7 Å². The lowest BCUT2D eigenvalue weighted by molar-refractivity contribution is -0.934. The van der Waals surface area contributed by atoms with Crippen molar-refractivity contribution in [3.63, 3.8) is 0 Å². The van der Waals surface area contributed by atoms with E-state index in [1.165, 1.54) is 21.7 Å². The molecule has 0 unspecified atom stereocenters. The zero-order valence-corrected chi connectivity index (χ0v) is 20.7. The van der Waals surface area contributed by atoms with Gasteiger partial charge in [0.05, 0.1) is 31.1 Å². The number of sulfone groups is 1. The van der Waals surface area contributed by atoms with E-state index in [9.17, 15) is 12.8 Å². The monoisotopic (exact) mass is 487 g/mol. The highest BCUT2D eigenvalue weighted by Crippen LogP contribution is 2.21. The maximum absolute atomic E-state index is 13.3. The van der Waals surface area contributed by atoms with Crippen LogP contribution in [0.2, 0.25) is 0 Å². The zero-order valence-electron chi connectivity index (χ0n) is 19.9. The second-order valence-electron chi connectivity index (χ2n) is 9.40. The van der Waals surface area contributed by atoms with Crippen LogP contribution in [-0.4, -0.2) is 54.8 Å². The average molecular weight is 488 g/mol. The van der Waals surface area contributed by atoms with Gasteiger partial charge < -0.3 is 9.80 Å². The summed E-state index contributed by atoms with van der Waals surface area (Å²) in [6.45, 7) is 9.57. The van der Waals surface area contributed by atoms with Crippen LogP contribution >= 0.6 is 0 Å². The van der Waals surface area contributed by atoms with Gasteiger partial charge in [-0.25, -0.2) is 17.5 Å². The van der Waals surface area contributed by atoms with Crippen molar-refractivity contribution in [2.75, 3.05) is 31.1 Å². The van der Waals surface area contributed by atoms with Gasteiger partial charge in [0, 0.05) is 12.1 Å². The van der Waals surface area contributed by atoms with Gasteiger partial charge in [-0.15, -0.1) is 5.10 Å². The van der Waals surface area contributed by atoms with Gasteiger partial charge in [0.1, 0.15) is 5.82 Å². The largest absolute Gasteiger partial charge is 0.360 e. The molecular formula is C24H32FN6O2S+. The standard InChI is InChI=1S/C24H31FN6O2S/c1-18(2)16-23(30-14-12-29(13-15-30)21-8-6-20(25)7-9-21)24-26-27-28-31(24)17-34(32,33)22-10-4-19(3)5-11-22/h4-11,18,23H,12-17H2,1-3H3/p+1/t23-/m0/s1. The molecule has 0 aliphatic carbocycles. The molecule has 1 N–H and O–H groups in total. The third-order valence-electron chi connectivity index (χ3n) is 6.34. The van der Waals surface area contributed by atoms with Gasteiger partial charge in [0.15, 0.2) is 21.8 Å². The number of nitrogens with zero attached hydrogens (tertiary/aromatic N) is 5. The number of halogens is 1. The average Bonchev–Trinajstić information content (AvgIpc) is 3.25. The van der Waals surface area contributed by atoms with Crippen LogP contribution in [-0.2, 0) is 15.7 Å². The first-order chi connectivity index (χ1) is 16.2. The van der Waals surface area contributed by atoms with Crippen LogP contribution in [0, 0.1) is 18.7 Å². The molecule has 34 heavy (non-hydrogen) atoms. The Morgan fingerprint density at radius 1 is 1.03 bits per heavy atom. The molecule has 0 spiro atoms. The fraction of sp³-hybridized carbons (Fsp3) is 0.458. The maximum Gasteiger partial charge on any atom is 0.210 e. The summed E-state index contributed by atoms with van der Waals surface area (Å²) in [6.07, 6.45) is 0.844. The van der Waals surface area contributed by atoms with E-state index in [0.29, 0.717) is 11.7 Å². The number of quaternary nitrogens is 1. The summed E-state index contributed by atoms with van der Waals surface area (Å²) >= 11 is 0. The lowest BCUT2D eigenvalue weighted by Crippen LogP contribution is -3.15. The van der Waals surface area contributed by atoms with Crippen LogP contribution in [0.3, 0.4) is 0 Å². The minimum Gasteiger partial charge on any atom is -0.360 e. The lowest BCUT2D eigenvalue weighted by atomic mass is 10.0. The number of piperazine rings is 1. The molecule has 1 fully saturated rings. The van der Waals surface area contributed by atoms with Gasteiger partial charge in [0.2, 0.25) is 5.82 Å². The first kappa shape index (κ1) is 24.3. The first-order valence-electron chi connectivity index (χ1n) is 11.6. The molecule has 1 atom stereocenters. The minimum atomic E-state index is -3.59. The van der Waals surface area contributed by atoms with E-state index in [-0.39, 0.29) is 22.6 Å². The molecule has 1 aliphatic heterocycles. The van der Waals surface area contributed by atoms with Gasteiger partial charge in [0.25, 0.3) is 0 Å². The Hall–Kier alpha value is -2.85. The first-order valence-corrected chi connectivity index (χ1v) is 13.3. The number of nitrogens with one attached hydrogen (secondary N) is 1. The molecule has 1 saturated heterocycles. The van der Waals surface area contributed by atoms with Crippen molar-refractivity contribution in [1.29, 1.82) is 0 Å². The van der Waals surface area contributed by atoms with Crippen LogP contribution in [0.15, 0.2) is 53.4 Å². The smallest absolute Gasteiger partial charge is 0.210 e. The van der Waals surface area contributed by atoms with Crippen LogP contribution in [0.1, 0.15) is 37.7 Å². The Morgan fingerprint density at radius 3 is 2.29 bits per heavy atom. The van der Waals surface area contributed by atoms with Crippen molar-refractivity contribution < 1.29 is 17.7 Å². The molecule has 182 valence electrons. The van der Waals surface area contributed by atoms with Crippen LogP contribution in [0.5, 0.6) is 0 Å². The fourth-order valence-corrected chi connectivity index (χ4v) is 5.72. The molecule has 3 aromatic rings. The van der Waals surface area contributed by atoms with Crippen molar-refractivity contribution in [2.24, 2.45) is 5.92 Å². The number of hydrogen-bond acceptors (Lipinski definition) is 6. The van der Waals surface area contributed by atoms with Gasteiger partial charge >= 0.3 is 0 Å². The maximum atomic E-state index is 13.3. The van der Waals surface area contributed by atoms with E-state index in [4.69, 9.17) is 0 Å². The molecule has 0 amide bonds. The molecular weight excluding hydrogens is 455 g/mol. The Kier molecular flexibility index (Phi) is 7.27. The molecule has 8 nitrogen and oxygen atoms in total. The molecule has 2 heterocycles. The van der Waals surface area contributed by atoms with Crippen molar-refractivity contribution >= 4 is 15.5 Å². The Bertz CT molecular complexity index is 1190. The fourth-order valence-electron chi connectivity index (χ4n) is 4.51. The number of anilines is 1. The van der Waals surface area contributed by atoms with E-state index >= 15 is 0 Å². The second kappa shape index (κ2) is 10.2. The number of hydrogen-bond donors (Lipinski definition) is 1. The summed E-state index contributed by atoms with van der Waals surface area (Å²) in [5.41, 5.74) is 2.01. The predicted molar refractivity (Wildman–Crippen MR) is 128 cm³/mol. The minimum absolute atomic E-state index is 0.0152. The number of tetrazole rings is 1. The quantitative estimate of drug-likeness (QED) is 0.524. The van der Waals surface area contributed by atoms with Gasteiger partial charge in [-0.3, -0.25) is 0 Å². The predicted octanol–water partition coefficient (Wildman–Crippen LogP) is 2.04. The third kappa shape index (κ3) is 5.61. The van der Waals surface area contributed by atoms with E-state index in [0.717, 1.165) is 43.9 Å². The Morgan fingerprint density at radius 2 is 1.68 bits per heavy atom. The van der Waals surface area contributed by atoms with Crippen LogP contribution in [0.4, 0.5) is 10.1 Å². The van der Waals surface area contributed by atoms with Gasteiger partial charge in [-0.1, -0.05) is 31.5 Å². The van der Waals surface area contributed by atoms with E-state index in [1.807, 2.05) is 19.1 Å². The Balaban J connectivity index is 1.52. The molecule has 10 heteroatoms. The van der Waals surface area contributed by atoms with Crippen molar-refractivity contribution in [3.05, 3.63) is 65.7 Å². The van der Waals surface area contributed by atoms with E-state index < -0.39 is 9.84 Å². The number of benzene rings is 2. The van der Waals surface area contributed by atoms with Crippen LogP contribution < -0.4 is 9.80 Å². The SMILES string of the molecule is Cc1ccc(S(=O)(=O)Cn2nnnc2[C@H](CC(C)C)[NH+]2CCN(c3ccc(F)cc3)CC2)cc1. The second-order valence-corrected chi connectivity index (χ2v) is 11.4. The van der Waals surface area contributed by atoms with E-state index in [2.05, 4.69) is 34.3 Å². The number of aromatic nitrogens is 4. The van der Waals surface area contributed by atoms with Crippen molar-refractivity contribution in [1.82, 2.24) is 20.2 Å². The molecule has 0 radical (unpaired) electrons. The van der Waals surface area contributed by atoms with Crippen molar-refractivity contribution in [3.8, 4) is 0 Å². The lowest BCUT2D eigenvalue weighted by Gasteiger charge is -2.37. The highest BCUT2D eigenvalue weighted by Gasteiger charge is 2.34. The molecule has 2 aromatic carbocycles.